The normalized spacial score (nSPS) is 13.9. The fraction of sp³-hybridized carbons (Fsp3) is 0.375. The number of carbonyl (C=O) groups is 1. The van der Waals surface area contributed by atoms with Crippen LogP contribution in [0.15, 0.2) is 47.9 Å². The summed E-state index contributed by atoms with van der Waals surface area (Å²) in [7, 11) is 3.17. The molecule has 0 saturated heterocycles. The first-order valence-corrected chi connectivity index (χ1v) is 11.5. The number of nitrogens with zero attached hydrogens (tertiary/aromatic N) is 1. The van der Waals surface area contributed by atoms with Crippen molar-refractivity contribution in [2.24, 2.45) is 0 Å². The lowest BCUT2D eigenvalue weighted by Gasteiger charge is -2.25. The number of halogens is 1. The van der Waals surface area contributed by atoms with Crippen molar-refractivity contribution in [3.05, 3.63) is 58.5 Å². The van der Waals surface area contributed by atoms with Crippen LogP contribution in [0.5, 0.6) is 11.5 Å². The number of benzene rings is 1. The first-order valence-electron chi connectivity index (χ1n) is 10.8. The largest absolute Gasteiger partial charge is 0.493 e. The van der Waals surface area contributed by atoms with Crippen LogP contribution in [0.3, 0.4) is 0 Å². The molecule has 1 aliphatic rings. The Labute approximate surface area is 210 Å². The number of aromatic nitrogens is 1. The molecule has 0 fully saturated rings. The van der Waals surface area contributed by atoms with Gasteiger partial charge in [0.25, 0.3) is 5.91 Å². The Morgan fingerprint density at radius 1 is 1.29 bits per heavy atom. The van der Waals surface area contributed by atoms with Gasteiger partial charge in [-0.25, -0.2) is 0 Å². The number of thiocarbonyl (C=S) groups is 1. The van der Waals surface area contributed by atoms with E-state index in [0.29, 0.717) is 53.9 Å². The second-order valence-electron chi connectivity index (χ2n) is 8.22. The Balaban J connectivity index is 1.80. The van der Waals surface area contributed by atoms with Crippen molar-refractivity contribution in [1.29, 1.82) is 0 Å². The van der Waals surface area contributed by atoms with Crippen molar-refractivity contribution in [1.82, 2.24) is 15.6 Å². The van der Waals surface area contributed by atoms with Gasteiger partial charge in [0.2, 0.25) is 0 Å². The highest BCUT2D eigenvalue weighted by atomic mass is 35.5. The van der Waals surface area contributed by atoms with Gasteiger partial charge in [-0.05, 0) is 32.0 Å². The third-order valence-electron chi connectivity index (χ3n) is 5.33. The highest BCUT2D eigenvalue weighted by molar-refractivity contribution is 7.81. The number of ether oxygens (including phenoxy) is 3. The number of hydrogen-bond donors (Lipinski definition) is 3. The highest BCUT2D eigenvalue weighted by Crippen LogP contribution is 2.33. The van der Waals surface area contributed by atoms with Crippen LogP contribution >= 0.6 is 23.8 Å². The molecule has 0 bridgehead atoms. The number of amides is 1. The molecule has 182 valence electrons. The Hall–Kier alpha value is -2.88. The van der Waals surface area contributed by atoms with E-state index in [1.165, 1.54) is 7.11 Å². The summed E-state index contributed by atoms with van der Waals surface area (Å²) in [6, 6.07) is 7.16. The van der Waals surface area contributed by atoms with E-state index in [1.54, 1.807) is 37.7 Å². The minimum atomic E-state index is -0.434. The summed E-state index contributed by atoms with van der Waals surface area (Å²) in [6.45, 7) is 5.20. The van der Waals surface area contributed by atoms with Crippen LogP contribution in [0.1, 0.15) is 25.8 Å². The summed E-state index contributed by atoms with van der Waals surface area (Å²) in [6.07, 6.45) is 3.97. The number of hydrogen-bond acceptors (Lipinski definition) is 7. The van der Waals surface area contributed by atoms with E-state index < -0.39 is 5.60 Å². The molecule has 2 aromatic rings. The molecule has 1 aromatic heterocycles. The Kier molecular flexibility index (Phi) is 8.71. The predicted molar refractivity (Wildman–Crippen MR) is 137 cm³/mol. The fourth-order valence-electron chi connectivity index (χ4n) is 3.27. The van der Waals surface area contributed by atoms with Gasteiger partial charge in [0.05, 0.1) is 35.2 Å². The SMILES string of the molecule is COc1c(Cl)cccc1NC(=S)C1=C(NCc2ccncc2OCC(C)(C)OC)CCNC1=O. The van der Waals surface area contributed by atoms with Crippen LogP contribution in [0.4, 0.5) is 5.69 Å². The summed E-state index contributed by atoms with van der Waals surface area (Å²) in [4.78, 5) is 17.2. The number of methoxy groups -OCH3 is 2. The van der Waals surface area contributed by atoms with Gasteiger partial charge in [-0.3, -0.25) is 9.78 Å². The minimum Gasteiger partial charge on any atom is -0.493 e. The molecule has 0 radical (unpaired) electrons. The van der Waals surface area contributed by atoms with E-state index in [2.05, 4.69) is 20.9 Å². The Morgan fingerprint density at radius 3 is 2.82 bits per heavy atom. The monoisotopic (exact) mass is 504 g/mol. The van der Waals surface area contributed by atoms with Gasteiger partial charge in [-0.2, -0.15) is 0 Å². The smallest absolute Gasteiger partial charge is 0.256 e. The molecule has 0 spiro atoms. The van der Waals surface area contributed by atoms with Crippen molar-refractivity contribution in [2.45, 2.75) is 32.4 Å². The maximum absolute atomic E-state index is 12.7. The summed E-state index contributed by atoms with van der Waals surface area (Å²) in [5, 5.41) is 9.77. The van der Waals surface area contributed by atoms with Gasteiger partial charge in [-0.1, -0.05) is 29.9 Å². The number of carbonyl (C=O) groups excluding carboxylic acids is 1. The average molecular weight is 505 g/mol. The summed E-state index contributed by atoms with van der Waals surface area (Å²) in [5.74, 6) is 0.850. The van der Waals surface area contributed by atoms with Crippen LogP contribution < -0.4 is 25.4 Å². The molecule has 8 nitrogen and oxygen atoms in total. The zero-order valence-electron chi connectivity index (χ0n) is 19.7. The number of pyridine rings is 1. The van der Waals surface area contributed by atoms with E-state index in [-0.39, 0.29) is 10.9 Å². The van der Waals surface area contributed by atoms with Crippen molar-refractivity contribution in [3.63, 3.8) is 0 Å². The van der Waals surface area contributed by atoms with E-state index in [0.717, 1.165) is 11.3 Å². The lowest BCUT2D eigenvalue weighted by Crippen LogP contribution is -2.39. The number of nitrogens with one attached hydrogen (secondary N) is 3. The van der Waals surface area contributed by atoms with E-state index in [4.69, 9.17) is 38.0 Å². The average Bonchev–Trinajstić information content (AvgIpc) is 2.82. The second kappa shape index (κ2) is 11.5. The van der Waals surface area contributed by atoms with Crippen LogP contribution in [0.2, 0.25) is 5.02 Å². The molecule has 1 aromatic carbocycles. The fourth-order valence-corrected chi connectivity index (χ4v) is 3.84. The van der Waals surface area contributed by atoms with E-state index >= 15 is 0 Å². The molecule has 10 heteroatoms. The number of rotatable bonds is 10. The molecule has 2 heterocycles. The second-order valence-corrected chi connectivity index (χ2v) is 9.04. The number of anilines is 1. The van der Waals surface area contributed by atoms with Crippen LogP contribution in [0, 0.1) is 0 Å². The lowest BCUT2D eigenvalue weighted by atomic mass is 10.1. The molecule has 1 aliphatic heterocycles. The topological polar surface area (TPSA) is 93.7 Å². The van der Waals surface area contributed by atoms with E-state index in [1.807, 2.05) is 19.9 Å². The molecule has 1 amide bonds. The molecular formula is C24H29ClN4O4S. The highest BCUT2D eigenvalue weighted by Gasteiger charge is 2.25. The zero-order valence-corrected chi connectivity index (χ0v) is 21.2. The molecule has 0 saturated carbocycles. The van der Waals surface area contributed by atoms with Crippen LogP contribution in [-0.2, 0) is 16.1 Å². The molecule has 0 atom stereocenters. The van der Waals surface area contributed by atoms with Gasteiger partial charge < -0.3 is 30.2 Å². The molecule has 3 rings (SSSR count). The van der Waals surface area contributed by atoms with Crippen molar-refractivity contribution in [2.75, 3.05) is 32.7 Å². The molecule has 3 N–H and O–H groups in total. The molecular weight excluding hydrogens is 476 g/mol. The molecule has 0 aliphatic carbocycles. The van der Waals surface area contributed by atoms with Crippen LogP contribution in [-0.4, -0.2) is 48.9 Å². The van der Waals surface area contributed by atoms with Crippen LogP contribution in [0.25, 0.3) is 0 Å². The van der Waals surface area contributed by atoms with E-state index in [9.17, 15) is 4.79 Å². The lowest BCUT2D eigenvalue weighted by molar-refractivity contribution is -0.117. The summed E-state index contributed by atoms with van der Waals surface area (Å²) >= 11 is 11.8. The minimum absolute atomic E-state index is 0.250. The van der Waals surface area contributed by atoms with Gasteiger partial charge in [0.1, 0.15) is 17.3 Å². The third kappa shape index (κ3) is 6.37. The Morgan fingerprint density at radius 2 is 2.09 bits per heavy atom. The zero-order chi connectivity index (χ0) is 24.7. The van der Waals surface area contributed by atoms with Gasteiger partial charge in [-0.15, -0.1) is 0 Å². The predicted octanol–water partition coefficient (Wildman–Crippen LogP) is 3.85. The van der Waals surface area contributed by atoms with Gasteiger partial charge >= 0.3 is 0 Å². The first kappa shape index (κ1) is 25.7. The third-order valence-corrected chi connectivity index (χ3v) is 5.93. The molecule has 0 unspecified atom stereocenters. The maximum atomic E-state index is 12.7. The van der Waals surface area contributed by atoms with Crippen molar-refractivity contribution in [3.8, 4) is 11.5 Å². The van der Waals surface area contributed by atoms with Gasteiger partial charge in [0.15, 0.2) is 5.75 Å². The van der Waals surface area contributed by atoms with Gasteiger partial charge in [0, 0.05) is 44.1 Å². The standard InChI is InChI=1S/C24H29ClN4O4S/c1-24(2,32-4)14-33-19-13-26-10-8-15(19)12-28-17-9-11-27-22(30)20(17)23(34)29-18-7-5-6-16(25)21(18)31-3/h5-8,10,13,28H,9,11-12,14H2,1-4H3,(H,27,30)(H,29,34). The van der Waals surface area contributed by atoms with Crippen molar-refractivity contribution < 1.29 is 19.0 Å². The Bertz CT molecular complexity index is 1090. The number of para-hydroxylation sites is 1. The first-order chi connectivity index (χ1) is 16.3. The van der Waals surface area contributed by atoms with Crippen molar-refractivity contribution >= 4 is 40.4 Å². The maximum Gasteiger partial charge on any atom is 0.256 e. The quantitative estimate of drug-likeness (QED) is 0.420. The summed E-state index contributed by atoms with van der Waals surface area (Å²) < 4.78 is 16.8. The molecule has 34 heavy (non-hydrogen) atoms. The summed E-state index contributed by atoms with van der Waals surface area (Å²) in [5.41, 5.74) is 2.16.